The van der Waals surface area contributed by atoms with Crippen LogP contribution in [-0.4, -0.2) is 0 Å². The Morgan fingerprint density at radius 3 is 1.93 bits per heavy atom. The van der Waals surface area contributed by atoms with Crippen LogP contribution >= 0.6 is 0 Å². The quantitative estimate of drug-likeness (QED) is 0.470. The lowest BCUT2D eigenvalue weighted by atomic mass is 9.65. The van der Waals surface area contributed by atoms with Gasteiger partial charge in [0, 0.05) is 0 Å². The largest absolute Gasteiger partial charge is 0.204 e. The summed E-state index contributed by atoms with van der Waals surface area (Å²) in [6.07, 6.45) is 13.6. The van der Waals surface area contributed by atoms with Gasteiger partial charge in [-0.3, -0.25) is 0 Å². The normalized spacial score (nSPS) is 31.4. The molecular formula is C25H38F2. The minimum Gasteiger partial charge on any atom is -0.204 e. The average molecular weight is 377 g/mol. The summed E-state index contributed by atoms with van der Waals surface area (Å²) in [6.45, 7) is 7.01. The van der Waals surface area contributed by atoms with E-state index in [1.807, 2.05) is 0 Å². The molecule has 2 fully saturated rings. The summed E-state index contributed by atoms with van der Waals surface area (Å²) in [7, 11) is 0. The first-order valence-electron chi connectivity index (χ1n) is 11.4. The Morgan fingerprint density at radius 1 is 0.815 bits per heavy atom. The van der Waals surface area contributed by atoms with E-state index in [2.05, 4.69) is 20.8 Å². The van der Waals surface area contributed by atoms with Crippen molar-refractivity contribution in [3.05, 3.63) is 35.4 Å². The van der Waals surface area contributed by atoms with Gasteiger partial charge in [-0.05, 0) is 91.7 Å². The minimum absolute atomic E-state index is 0.320. The molecular weight excluding hydrogens is 338 g/mol. The van der Waals surface area contributed by atoms with Crippen molar-refractivity contribution in [2.24, 2.45) is 29.6 Å². The highest BCUT2D eigenvalue weighted by Crippen LogP contribution is 2.45. The van der Waals surface area contributed by atoms with Crippen LogP contribution in [0.2, 0.25) is 0 Å². The van der Waals surface area contributed by atoms with Crippen molar-refractivity contribution in [3.8, 4) is 0 Å². The Hall–Kier alpha value is -0.920. The standard InChI is InChI=1S/C25H38F2/c1-4-5-19-6-8-20(9-7-19)17(2)21-10-12-22(13-11-21)18(3)23-14-15-24(26)25(27)16-23/h14-22H,4-13H2,1-3H3. The van der Waals surface area contributed by atoms with Crippen LogP contribution in [0.15, 0.2) is 18.2 Å². The van der Waals surface area contributed by atoms with Crippen LogP contribution in [0.1, 0.15) is 96.5 Å². The molecule has 0 heterocycles. The molecule has 0 bridgehead atoms. The van der Waals surface area contributed by atoms with Crippen LogP contribution in [0, 0.1) is 41.2 Å². The fourth-order valence-electron chi connectivity index (χ4n) is 6.03. The SMILES string of the molecule is CCCC1CCC(C(C)C2CCC(C(C)c3ccc(F)c(F)c3)CC2)CC1. The van der Waals surface area contributed by atoms with E-state index < -0.39 is 11.6 Å². The summed E-state index contributed by atoms with van der Waals surface area (Å²) in [5, 5.41) is 0. The van der Waals surface area contributed by atoms with Crippen LogP contribution in [-0.2, 0) is 0 Å². The first-order valence-corrected chi connectivity index (χ1v) is 11.4. The van der Waals surface area contributed by atoms with Gasteiger partial charge in [0.1, 0.15) is 0 Å². The van der Waals surface area contributed by atoms with Gasteiger partial charge in [0.15, 0.2) is 11.6 Å². The van der Waals surface area contributed by atoms with Gasteiger partial charge in [0.2, 0.25) is 0 Å². The Bertz CT molecular complexity index is 580. The van der Waals surface area contributed by atoms with E-state index in [1.54, 1.807) is 6.07 Å². The Kier molecular flexibility index (Phi) is 7.34. The van der Waals surface area contributed by atoms with Crippen molar-refractivity contribution in [2.75, 3.05) is 0 Å². The van der Waals surface area contributed by atoms with Crippen molar-refractivity contribution in [3.63, 3.8) is 0 Å². The van der Waals surface area contributed by atoms with Gasteiger partial charge < -0.3 is 0 Å². The predicted molar refractivity (Wildman–Crippen MR) is 110 cm³/mol. The molecule has 152 valence electrons. The molecule has 0 spiro atoms. The van der Waals surface area contributed by atoms with Gasteiger partial charge in [-0.1, -0.05) is 52.5 Å². The fourth-order valence-corrected chi connectivity index (χ4v) is 6.03. The maximum atomic E-state index is 13.6. The third kappa shape index (κ3) is 5.12. The summed E-state index contributed by atoms with van der Waals surface area (Å²) in [5.41, 5.74) is 0.958. The molecule has 27 heavy (non-hydrogen) atoms. The van der Waals surface area contributed by atoms with E-state index in [-0.39, 0.29) is 0 Å². The van der Waals surface area contributed by atoms with E-state index in [4.69, 9.17) is 0 Å². The van der Waals surface area contributed by atoms with E-state index in [1.165, 1.54) is 76.3 Å². The smallest absolute Gasteiger partial charge is 0.159 e. The lowest BCUT2D eigenvalue weighted by Gasteiger charge is -2.40. The zero-order chi connectivity index (χ0) is 19.4. The van der Waals surface area contributed by atoms with Crippen molar-refractivity contribution in [1.82, 2.24) is 0 Å². The zero-order valence-corrected chi connectivity index (χ0v) is 17.5. The molecule has 0 aromatic heterocycles. The molecule has 1 aromatic carbocycles. The predicted octanol–water partition coefficient (Wildman–Crippen LogP) is 8.12. The molecule has 2 aliphatic carbocycles. The van der Waals surface area contributed by atoms with Crippen LogP contribution in [0.3, 0.4) is 0 Å². The lowest BCUT2D eigenvalue weighted by Crippen LogP contribution is -2.29. The van der Waals surface area contributed by atoms with Crippen LogP contribution < -0.4 is 0 Å². The van der Waals surface area contributed by atoms with E-state index in [0.29, 0.717) is 11.8 Å². The summed E-state index contributed by atoms with van der Waals surface area (Å²) in [6, 6.07) is 4.46. The summed E-state index contributed by atoms with van der Waals surface area (Å²) < 4.78 is 26.8. The second-order valence-corrected chi connectivity index (χ2v) is 9.57. The van der Waals surface area contributed by atoms with Crippen molar-refractivity contribution in [1.29, 1.82) is 0 Å². The molecule has 2 aliphatic rings. The van der Waals surface area contributed by atoms with Crippen LogP contribution in [0.25, 0.3) is 0 Å². The van der Waals surface area contributed by atoms with Gasteiger partial charge in [0.05, 0.1) is 0 Å². The first kappa shape index (κ1) is 20.8. The van der Waals surface area contributed by atoms with Crippen LogP contribution in [0.4, 0.5) is 8.78 Å². The maximum absolute atomic E-state index is 13.6. The van der Waals surface area contributed by atoms with Gasteiger partial charge in [-0.25, -0.2) is 8.78 Å². The lowest BCUT2D eigenvalue weighted by molar-refractivity contribution is 0.118. The Balaban J connectivity index is 1.49. The number of rotatable bonds is 6. The second kappa shape index (κ2) is 9.52. The Morgan fingerprint density at radius 2 is 1.37 bits per heavy atom. The molecule has 0 nitrogen and oxygen atoms in total. The highest BCUT2D eigenvalue weighted by Gasteiger charge is 2.33. The molecule has 3 rings (SSSR count). The molecule has 2 atom stereocenters. The monoisotopic (exact) mass is 376 g/mol. The minimum atomic E-state index is -0.739. The van der Waals surface area contributed by atoms with Gasteiger partial charge >= 0.3 is 0 Å². The molecule has 0 radical (unpaired) electrons. The van der Waals surface area contributed by atoms with Crippen LogP contribution in [0.5, 0.6) is 0 Å². The first-order chi connectivity index (χ1) is 13.0. The molecule has 2 heteroatoms. The topological polar surface area (TPSA) is 0 Å². The molecule has 0 aliphatic heterocycles. The molecule has 0 N–H and O–H groups in total. The van der Waals surface area contributed by atoms with E-state index >= 15 is 0 Å². The highest BCUT2D eigenvalue weighted by atomic mass is 19.2. The second-order valence-electron chi connectivity index (χ2n) is 9.57. The third-order valence-electron chi connectivity index (χ3n) is 8.07. The zero-order valence-electron chi connectivity index (χ0n) is 17.5. The van der Waals surface area contributed by atoms with Gasteiger partial charge in [0.25, 0.3) is 0 Å². The molecule has 1 aromatic rings. The van der Waals surface area contributed by atoms with Gasteiger partial charge in [-0.2, -0.15) is 0 Å². The van der Waals surface area contributed by atoms with Gasteiger partial charge in [-0.15, -0.1) is 0 Å². The number of benzene rings is 1. The average Bonchev–Trinajstić information content (AvgIpc) is 2.70. The highest BCUT2D eigenvalue weighted by molar-refractivity contribution is 5.22. The molecule has 2 unspecified atom stereocenters. The van der Waals surface area contributed by atoms with E-state index in [9.17, 15) is 8.78 Å². The summed E-state index contributed by atoms with van der Waals surface area (Å²) in [5.74, 6) is 3.13. The fraction of sp³-hybridized carbons (Fsp3) is 0.760. The summed E-state index contributed by atoms with van der Waals surface area (Å²) in [4.78, 5) is 0. The van der Waals surface area contributed by atoms with Crippen molar-refractivity contribution in [2.45, 2.75) is 90.9 Å². The van der Waals surface area contributed by atoms with Crippen molar-refractivity contribution < 1.29 is 8.78 Å². The number of halogens is 2. The molecule has 0 amide bonds. The van der Waals surface area contributed by atoms with Crippen molar-refractivity contribution >= 4 is 0 Å². The van der Waals surface area contributed by atoms with E-state index in [0.717, 1.165) is 29.2 Å². The molecule has 2 saturated carbocycles. The third-order valence-corrected chi connectivity index (χ3v) is 8.07. The number of hydrogen-bond acceptors (Lipinski definition) is 0. The molecule has 0 saturated heterocycles. The number of hydrogen-bond donors (Lipinski definition) is 0. The summed E-state index contributed by atoms with van der Waals surface area (Å²) >= 11 is 0. The Labute approximate surface area is 165 Å². The maximum Gasteiger partial charge on any atom is 0.159 e.